The molecule has 2 aliphatic heterocycles. The van der Waals surface area contributed by atoms with Gasteiger partial charge in [0, 0.05) is 12.1 Å². The van der Waals surface area contributed by atoms with Gasteiger partial charge >= 0.3 is 0 Å². The molecule has 0 aliphatic carbocycles. The van der Waals surface area contributed by atoms with Crippen molar-refractivity contribution in [3.05, 3.63) is 59.2 Å². The molecule has 2 aromatic carbocycles. The normalized spacial score (nSPS) is 19.6. The molecule has 2 heterocycles. The second kappa shape index (κ2) is 8.71. The van der Waals surface area contributed by atoms with Crippen LogP contribution >= 0.6 is 0 Å². The van der Waals surface area contributed by atoms with Crippen LogP contribution in [0.5, 0.6) is 17.2 Å². The monoisotopic (exact) mass is 423 g/mol. The number of unbranched alkanes of at least 4 members (excludes halogenated alkanes) is 2. The van der Waals surface area contributed by atoms with Crippen molar-refractivity contribution in [2.45, 2.75) is 32.2 Å². The molecule has 31 heavy (non-hydrogen) atoms. The van der Waals surface area contributed by atoms with E-state index in [1.54, 1.807) is 30.3 Å². The van der Waals surface area contributed by atoms with Crippen LogP contribution < -0.4 is 9.47 Å². The van der Waals surface area contributed by atoms with Gasteiger partial charge in [-0.15, -0.1) is 0 Å². The van der Waals surface area contributed by atoms with E-state index in [0.717, 1.165) is 19.3 Å². The number of ketones is 1. The second-order valence-electron chi connectivity index (χ2n) is 7.65. The Morgan fingerprint density at radius 2 is 1.74 bits per heavy atom. The molecule has 4 rings (SSSR count). The highest BCUT2D eigenvalue weighted by molar-refractivity contribution is 6.46. The van der Waals surface area contributed by atoms with Crippen LogP contribution in [0.25, 0.3) is 5.76 Å². The predicted octanol–water partition coefficient (Wildman–Crippen LogP) is 3.78. The smallest absolute Gasteiger partial charge is 0.295 e. The Hall–Kier alpha value is -3.48. The van der Waals surface area contributed by atoms with Crippen molar-refractivity contribution in [2.75, 3.05) is 19.8 Å². The summed E-state index contributed by atoms with van der Waals surface area (Å²) in [6.07, 6.45) is 2.65. The van der Waals surface area contributed by atoms with Crippen LogP contribution in [0.4, 0.5) is 0 Å². The van der Waals surface area contributed by atoms with Crippen molar-refractivity contribution in [2.24, 2.45) is 0 Å². The maximum absolute atomic E-state index is 13.0. The first kappa shape index (κ1) is 20.8. The van der Waals surface area contributed by atoms with E-state index in [9.17, 15) is 19.8 Å². The van der Waals surface area contributed by atoms with Gasteiger partial charge in [0.15, 0.2) is 11.5 Å². The van der Waals surface area contributed by atoms with E-state index in [4.69, 9.17) is 9.47 Å². The number of amides is 1. The number of phenolic OH excluding ortho intramolecular Hbond substituents is 1. The zero-order chi connectivity index (χ0) is 22.0. The average molecular weight is 423 g/mol. The molecule has 1 atom stereocenters. The Kier molecular flexibility index (Phi) is 5.84. The summed E-state index contributed by atoms with van der Waals surface area (Å²) < 4.78 is 11.1. The number of likely N-dealkylation sites (tertiary alicyclic amines) is 1. The Bertz CT molecular complexity index is 1030. The van der Waals surface area contributed by atoms with Gasteiger partial charge in [-0.3, -0.25) is 9.59 Å². The van der Waals surface area contributed by atoms with Gasteiger partial charge in [-0.25, -0.2) is 0 Å². The molecule has 0 spiro atoms. The highest BCUT2D eigenvalue weighted by Gasteiger charge is 2.45. The standard InChI is InChI=1S/C24H25NO6/c1-2-3-4-11-25-21(15-5-8-17(26)9-6-15)20(23(28)24(25)29)22(27)16-7-10-18-19(14-16)31-13-12-30-18/h5-10,14,21,26-27H,2-4,11-13H2,1H3/b22-20-. The largest absolute Gasteiger partial charge is 0.508 e. The molecule has 2 aromatic rings. The van der Waals surface area contributed by atoms with Crippen molar-refractivity contribution in [3.63, 3.8) is 0 Å². The maximum atomic E-state index is 13.0. The number of rotatable bonds is 6. The fourth-order valence-corrected chi connectivity index (χ4v) is 3.99. The molecule has 2 N–H and O–H groups in total. The SMILES string of the molecule is CCCCCN1C(=O)C(=O)/C(=C(\O)c2ccc3c(c2)OCCO3)C1c1ccc(O)cc1. The van der Waals surface area contributed by atoms with Crippen LogP contribution in [0.2, 0.25) is 0 Å². The van der Waals surface area contributed by atoms with Crippen molar-refractivity contribution in [1.82, 2.24) is 4.90 Å². The van der Waals surface area contributed by atoms with Crippen LogP contribution in [-0.2, 0) is 9.59 Å². The molecular weight excluding hydrogens is 398 g/mol. The summed E-state index contributed by atoms with van der Waals surface area (Å²) >= 11 is 0. The molecule has 1 unspecified atom stereocenters. The number of carbonyl (C=O) groups is 2. The van der Waals surface area contributed by atoms with Crippen LogP contribution in [0.1, 0.15) is 43.4 Å². The van der Waals surface area contributed by atoms with Crippen molar-refractivity contribution >= 4 is 17.4 Å². The summed E-state index contributed by atoms with van der Waals surface area (Å²) in [4.78, 5) is 27.4. The van der Waals surface area contributed by atoms with Gasteiger partial charge in [0.05, 0.1) is 11.6 Å². The lowest BCUT2D eigenvalue weighted by molar-refractivity contribution is -0.139. The third-order valence-electron chi connectivity index (χ3n) is 5.57. The number of carbonyl (C=O) groups excluding carboxylic acids is 2. The highest BCUT2D eigenvalue weighted by Crippen LogP contribution is 2.41. The quantitative estimate of drug-likeness (QED) is 0.318. The molecule has 2 aliphatic rings. The number of ether oxygens (including phenoxy) is 2. The van der Waals surface area contributed by atoms with Crippen molar-refractivity contribution in [3.8, 4) is 17.2 Å². The number of aliphatic hydroxyl groups is 1. The number of hydrogen-bond acceptors (Lipinski definition) is 6. The minimum atomic E-state index is -0.731. The summed E-state index contributed by atoms with van der Waals surface area (Å²) in [5, 5.41) is 20.8. The number of hydrogen-bond donors (Lipinski definition) is 2. The number of fused-ring (bicyclic) bond motifs is 1. The van der Waals surface area contributed by atoms with Crippen molar-refractivity contribution in [1.29, 1.82) is 0 Å². The van der Waals surface area contributed by atoms with Gasteiger partial charge in [0.1, 0.15) is 24.7 Å². The summed E-state index contributed by atoms with van der Waals surface area (Å²) in [5.74, 6) is -0.480. The van der Waals surface area contributed by atoms with E-state index in [0.29, 0.717) is 42.4 Å². The summed E-state index contributed by atoms with van der Waals surface area (Å²) in [6.45, 7) is 3.31. The molecule has 0 bridgehead atoms. The lowest BCUT2D eigenvalue weighted by Crippen LogP contribution is -2.30. The molecule has 1 amide bonds. The van der Waals surface area contributed by atoms with Crippen LogP contribution in [0.3, 0.4) is 0 Å². The minimum absolute atomic E-state index is 0.0314. The minimum Gasteiger partial charge on any atom is -0.508 e. The first-order chi connectivity index (χ1) is 15.0. The predicted molar refractivity (Wildman–Crippen MR) is 114 cm³/mol. The van der Waals surface area contributed by atoms with Gasteiger partial charge in [-0.1, -0.05) is 31.9 Å². The number of aromatic hydroxyl groups is 1. The number of Topliss-reactive ketones (excluding diaryl/α,β-unsaturated/α-hetero) is 1. The van der Waals surface area contributed by atoms with E-state index in [1.807, 2.05) is 0 Å². The fraction of sp³-hybridized carbons (Fsp3) is 0.333. The van der Waals surface area contributed by atoms with E-state index in [-0.39, 0.29) is 17.1 Å². The van der Waals surface area contributed by atoms with Gasteiger partial charge in [-0.05, 0) is 42.3 Å². The molecule has 0 aromatic heterocycles. The van der Waals surface area contributed by atoms with E-state index >= 15 is 0 Å². The Labute approximate surface area is 180 Å². The number of phenols is 1. The topological polar surface area (TPSA) is 96.3 Å². The highest BCUT2D eigenvalue weighted by atomic mass is 16.6. The molecule has 1 fully saturated rings. The molecule has 0 radical (unpaired) electrons. The summed E-state index contributed by atoms with van der Waals surface area (Å²) in [7, 11) is 0. The molecule has 0 saturated carbocycles. The van der Waals surface area contributed by atoms with Gasteiger partial charge in [0.25, 0.3) is 11.7 Å². The number of benzene rings is 2. The Morgan fingerprint density at radius 1 is 1.03 bits per heavy atom. The first-order valence-corrected chi connectivity index (χ1v) is 10.5. The Balaban J connectivity index is 1.79. The molecule has 1 saturated heterocycles. The zero-order valence-corrected chi connectivity index (χ0v) is 17.3. The molecular formula is C24H25NO6. The summed E-state index contributed by atoms with van der Waals surface area (Å²) in [5.41, 5.74) is 1.05. The fourth-order valence-electron chi connectivity index (χ4n) is 3.99. The maximum Gasteiger partial charge on any atom is 0.295 e. The molecule has 7 nitrogen and oxygen atoms in total. The second-order valence-corrected chi connectivity index (χ2v) is 7.65. The molecule has 7 heteroatoms. The third-order valence-corrected chi connectivity index (χ3v) is 5.57. The van der Waals surface area contributed by atoms with E-state index in [1.165, 1.54) is 17.0 Å². The van der Waals surface area contributed by atoms with E-state index < -0.39 is 17.7 Å². The summed E-state index contributed by atoms with van der Waals surface area (Å²) in [6, 6.07) is 10.5. The first-order valence-electron chi connectivity index (χ1n) is 10.5. The van der Waals surface area contributed by atoms with Crippen LogP contribution in [0, 0.1) is 0 Å². The van der Waals surface area contributed by atoms with E-state index in [2.05, 4.69) is 6.92 Å². The number of aliphatic hydroxyl groups excluding tert-OH is 1. The third kappa shape index (κ3) is 3.95. The van der Waals surface area contributed by atoms with Gasteiger partial charge < -0.3 is 24.6 Å². The van der Waals surface area contributed by atoms with Gasteiger partial charge in [0.2, 0.25) is 0 Å². The zero-order valence-electron chi connectivity index (χ0n) is 17.3. The van der Waals surface area contributed by atoms with Crippen LogP contribution in [-0.4, -0.2) is 46.6 Å². The number of nitrogens with zero attached hydrogens (tertiary/aromatic N) is 1. The average Bonchev–Trinajstić information content (AvgIpc) is 3.04. The molecule has 162 valence electrons. The van der Waals surface area contributed by atoms with Crippen LogP contribution in [0.15, 0.2) is 48.0 Å². The lowest BCUT2D eigenvalue weighted by atomic mass is 9.95. The van der Waals surface area contributed by atoms with Gasteiger partial charge in [-0.2, -0.15) is 0 Å². The Morgan fingerprint density at radius 3 is 2.45 bits per heavy atom. The van der Waals surface area contributed by atoms with Crippen molar-refractivity contribution < 1.29 is 29.3 Å². The lowest BCUT2D eigenvalue weighted by Gasteiger charge is -2.25.